The van der Waals surface area contributed by atoms with Gasteiger partial charge in [-0.15, -0.1) is 0 Å². The highest BCUT2D eigenvalue weighted by molar-refractivity contribution is 9.10. The number of aryl methyl sites for hydroxylation is 1. The first-order chi connectivity index (χ1) is 12.4. The van der Waals surface area contributed by atoms with Gasteiger partial charge < -0.3 is 11.1 Å². The fourth-order valence-electron chi connectivity index (χ4n) is 2.53. The van der Waals surface area contributed by atoms with Gasteiger partial charge in [0.25, 0.3) is 11.8 Å². The van der Waals surface area contributed by atoms with Crippen LogP contribution in [0.2, 0.25) is 5.02 Å². The summed E-state index contributed by atoms with van der Waals surface area (Å²) < 4.78 is 2.37. The SMILES string of the molecule is Cc1ccc(Br)cc1-n1cnc(C(N)=O)c1C(=O)Nc1cccc(Cl)c1. The number of carbonyl (C=O) groups excluding carboxylic acids is 2. The van der Waals surface area contributed by atoms with E-state index in [9.17, 15) is 9.59 Å². The number of nitrogens with one attached hydrogen (secondary N) is 1. The van der Waals surface area contributed by atoms with Gasteiger partial charge in [-0.1, -0.05) is 39.7 Å². The van der Waals surface area contributed by atoms with Crippen LogP contribution in [-0.4, -0.2) is 21.4 Å². The summed E-state index contributed by atoms with van der Waals surface area (Å²) in [6, 6.07) is 12.3. The lowest BCUT2D eigenvalue weighted by atomic mass is 10.2. The van der Waals surface area contributed by atoms with E-state index in [0.717, 1.165) is 10.0 Å². The van der Waals surface area contributed by atoms with Crippen LogP contribution in [0.25, 0.3) is 5.69 Å². The molecule has 0 radical (unpaired) electrons. The highest BCUT2D eigenvalue weighted by Gasteiger charge is 2.24. The largest absolute Gasteiger partial charge is 0.364 e. The van der Waals surface area contributed by atoms with Gasteiger partial charge in [0.15, 0.2) is 5.69 Å². The van der Waals surface area contributed by atoms with Crippen LogP contribution < -0.4 is 11.1 Å². The number of primary amides is 1. The predicted molar refractivity (Wildman–Crippen MR) is 104 cm³/mol. The van der Waals surface area contributed by atoms with E-state index >= 15 is 0 Å². The molecule has 1 aromatic heterocycles. The normalized spacial score (nSPS) is 10.6. The van der Waals surface area contributed by atoms with Crippen LogP contribution in [0.3, 0.4) is 0 Å². The second-order valence-electron chi connectivity index (χ2n) is 5.57. The Morgan fingerprint density at radius 3 is 2.69 bits per heavy atom. The van der Waals surface area contributed by atoms with Gasteiger partial charge in [0.05, 0.1) is 5.69 Å². The third-order valence-corrected chi connectivity index (χ3v) is 4.46. The highest BCUT2D eigenvalue weighted by atomic mass is 79.9. The maximum absolute atomic E-state index is 12.9. The minimum Gasteiger partial charge on any atom is -0.364 e. The Morgan fingerprint density at radius 1 is 1.23 bits per heavy atom. The number of hydrogen-bond acceptors (Lipinski definition) is 3. The Morgan fingerprint density at radius 2 is 2.00 bits per heavy atom. The average Bonchev–Trinajstić information content (AvgIpc) is 3.02. The van der Waals surface area contributed by atoms with Crippen molar-refractivity contribution in [2.24, 2.45) is 5.73 Å². The summed E-state index contributed by atoms with van der Waals surface area (Å²) in [5.74, 6) is -1.30. The monoisotopic (exact) mass is 432 g/mol. The molecule has 0 aliphatic heterocycles. The van der Waals surface area contributed by atoms with Crippen molar-refractivity contribution in [3.8, 4) is 5.69 Å². The van der Waals surface area contributed by atoms with E-state index in [2.05, 4.69) is 26.2 Å². The van der Waals surface area contributed by atoms with Crippen LogP contribution >= 0.6 is 27.5 Å². The van der Waals surface area contributed by atoms with Crippen molar-refractivity contribution in [3.63, 3.8) is 0 Å². The van der Waals surface area contributed by atoms with Gasteiger partial charge >= 0.3 is 0 Å². The van der Waals surface area contributed by atoms with Gasteiger partial charge in [0.2, 0.25) is 0 Å². The molecule has 0 spiro atoms. The number of hydrogen-bond donors (Lipinski definition) is 2. The van der Waals surface area contributed by atoms with E-state index in [1.165, 1.54) is 6.33 Å². The molecule has 3 N–H and O–H groups in total. The molecule has 3 aromatic rings. The first-order valence-electron chi connectivity index (χ1n) is 7.57. The highest BCUT2D eigenvalue weighted by Crippen LogP contribution is 2.24. The lowest BCUT2D eigenvalue weighted by Crippen LogP contribution is -2.23. The van der Waals surface area contributed by atoms with Gasteiger partial charge in [-0.2, -0.15) is 0 Å². The van der Waals surface area contributed by atoms with E-state index < -0.39 is 11.8 Å². The fraction of sp³-hybridized carbons (Fsp3) is 0.0556. The smallest absolute Gasteiger partial charge is 0.275 e. The minimum atomic E-state index is -0.785. The standard InChI is InChI=1S/C18H14BrClN4O2/c1-10-5-6-11(19)7-14(10)24-9-22-15(17(21)25)16(24)18(26)23-13-4-2-3-12(20)8-13/h2-9H,1H3,(H2,21,25)(H,23,26). The van der Waals surface area contributed by atoms with Gasteiger partial charge in [0.1, 0.15) is 12.0 Å². The predicted octanol–water partition coefficient (Wildman–Crippen LogP) is 3.95. The summed E-state index contributed by atoms with van der Waals surface area (Å²) in [4.78, 5) is 28.7. The molecule has 0 unspecified atom stereocenters. The Hall–Kier alpha value is -2.64. The van der Waals surface area contributed by atoms with E-state index in [1.807, 2.05) is 25.1 Å². The molecule has 8 heteroatoms. The number of rotatable bonds is 4. The first-order valence-corrected chi connectivity index (χ1v) is 8.74. The maximum Gasteiger partial charge on any atom is 0.275 e. The van der Waals surface area contributed by atoms with Gasteiger partial charge in [-0.25, -0.2) is 4.98 Å². The molecule has 1 heterocycles. The summed E-state index contributed by atoms with van der Waals surface area (Å²) in [6.07, 6.45) is 1.40. The van der Waals surface area contributed by atoms with Crippen LogP contribution in [0.5, 0.6) is 0 Å². The zero-order chi connectivity index (χ0) is 18.8. The van der Waals surface area contributed by atoms with Crippen molar-refractivity contribution in [3.05, 3.63) is 75.2 Å². The molecule has 0 saturated carbocycles. The molecule has 26 heavy (non-hydrogen) atoms. The molecule has 6 nitrogen and oxygen atoms in total. The molecular formula is C18H14BrClN4O2. The summed E-state index contributed by atoms with van der Waals surface area (Å²) in [6.45, 7) is 1.89. The van der Waals surface area contributed by atoms with E-state index in [1.54, 1.807) is 28.8 Å². The molecule has 2 amide bonds. The quantitative estimate of drug-likeness (QED) is 0.653. The molecule has 0 aliphatic rings. The lowest BCUT2D eigenvalue weighted by molar-refractivity contribution is 0.0971. The number of carbonyl (C=O) groups is 2. The lowest BCUT2D eigenvalue weighted by Gasteiger charge is -2.13. The third kappa shape index (κ3) is 3.63. The van der Waals surface area contributed by atoms with Crippen molar-refractivity contribution >= 4 is 45.0 Å². The number of benzene rings is 2. The van der Waals surface area contributed by atoms with E-state index in [4.69, 9.17) is 17.3 Å². The fourth-order valence-corrected chi connectivity index (χ4v) is 3.07. The molecule has 132 valence electrons. The summed E-state index contributed by atoms with van der Waals surface area (Å²) >= 11 is 9.36. The Bertz CT molecular complexity index is 1020. The van der Waals surface area contributed by atoms with Crippen LogP contribution in [0.1, 0.15) is 26.5 Å². The number of anilines is 1. The molecule has 0 saturated heterocycles. The number of imidazole rings is 1. The Balaban J connectivity index is 2.10. The van der Waals surface area contributed by atoms with Crippen LogP contribution in [0.4, 0.5) is 5.69 Å². The molecule has 3 rings (SSSR count). The first kappa shape index (κ1) is 18.2. The number of amides is 2. The van der Waals surface area contributed by atoms with Crippen molar-refractivity contribution in [1.29, 1.82) is 0 Å². The van der Waals surface area contributed by atoms with Crippen molar-refractivity contribution in [2.75, 3.05) is 5.32 Å². The van der Waals surface area contributed by atoms with E-state index in [0.29, 0.717) is 16.4 Å². The van der Waals surface area contributed by atoms with Crippen LogP contribution in [-0.2, 0) is 0 Å². The van der Waals surface area contributed by atoms with Gasteiger partial charge in [-0.3, -0.25) is 14.2 Å². The number of nitrogens with zero attached hydrogens (tertiary/aromatic N) is 2. The van der Waals surface area contributed by atoms with E-state index in [-0.39, 0.29) is 11.4 Å². The second-order valence-corrected chi connectivity index (χ2v) is 6.92. The Labute approximate surface area is 163 Å². The van der Waals surface area contributed by atoms with Crippen LogP contribution in [0.15, 0.2) is 53.3 Å². The molecule has 0 bridgehead atoms. The summed E-state index contributed by atoms with van der Waals surface area (Å²) in [7, 11) is 0. The zero-order valence-corrected chi connectivity index (χ0v) is 16.0. The Kier molecular flexibility index (Phi) is 5.11. The molecular weight excluding hydrogens is 420 g/mol. The topological polar surface area (TPSA) is 90.0 Å². The van der Waals surface area contributed by atoms with Crippen LogP contribution in [0, 0.1) is 6.92 Å². The number of halogens is 2. The molecule has 2 aromatic carbocycles. The molecule has 0 atom stereocenters. The number of nitrogens with two attached hydrogens (primary N) is 1. The van der Waals surface area contributed by atoms with Crippen molar-refractivity contribution < 1.29 is 9.59 Å². The molecule has 0 aliphatic carbocycles. The van der Waals surface area contributed by atoms with Crippen molar-refractivity contribution in [2.45, 2.75) is 6.92 Å². The second kappa shape index (κ2) is 7.31. The third-order valence-electron chi connectivity index (χ3n) is 3.73. The maximum atomic E-state index is 12.9. The van der Waals surface area contributed by atoms with Gasteiger partial charge in [-0.05, 0) is 42.8 Å². The van der Waals surface area contributed by atoms with Crippen molar-refractivity contribution in [1.82, 2.24) is 9.55 Å². The van der Waals surface area contributed by atoms with Gasteiger partial charge in [0, 0.05) is 15.2 Å². The average molecular weight is 434 g/mol. The molecule has 0 fully saturated rings. The minimum absolute atomic E-state index is 0.0543. The summed E-state index contributed by atoms with van der Waals surface area (Å²) in [5.41, 5.74) is 7.45. The number of aromatic nitrogens is 2. The summed E-state index contributed by atoms with van der Waals surface area (Å²) in [5, 5.41) is 3.20. The zero-order valence-electron chi connectivity index (χ0n) is 13.7.